The number of hydrogen-bond donors (Lipinski definition) is 2. The molecule has 0 bridgehead atoms. The monoisotopic (exact) mass is 440 g/mol. The fourth-order valence-electron chi connectivity index (χ4n) is 2.73. The molecule has 10 heteroatoms. The lowest BCUT2D eigenvalue weighted by molar-refractivity contribution is 0.554. The molecule has 8 nitrogen and oxygen atoms in total. The van der Waals surface area contributed by atoms with Crippen molar-refractivity contribution in [1.29, 1.82) is 10.5 Å². The topological polar surface area (TPSA) is 140 Å². The van der Waals surface area contributed by atoms with Gasteiger partial charge in [-0.05, 0) is 31.2 Å². The number of rotatable bonds is 15. The van der Waals surface area contributed by atoms with Gasteiger partial charge in [0.05, 0.1) is 12.1 Å². The summed E-state index contributed by atoms with van der Waals surface area (Å²) in [5.74, 6) is 0. The Balaban J connectivity index is 2.83. The second-order valence-corrected chi connectivity index (χ2v) is 10.6. The first kappa shape index (κ1) is 25.1. The van der Waals surface area contributed by atoms with Gasteiger partial charge in [-0.15, -0.1) is 0 Å². The molecule has 0 aliphatic carbocycles. The maximum absolute atomic E-state index is 12.8. The summed E-state index contributed by atoms with van der Waals surface area (Å²) in [6.45, 7) is 0.224. The molecule has 160 valence electrons. The highest BCUT2D eigenvalue weighted by atomic mass is 32.3. The second-order valence-electron chi connectivity index (χ2n) is 6.56. The molecule has 0 aliphatic heterocycles. The third-order valence-electron chi connectivity index (χ3n) is 4.17. The van der Waals surface area contributed by atoms with E-state index in [1.807, 2.05) is 12.1 Å². The van der Waals surface area contributed by atoms with Crippen molar-refractivity contribution in [3.63, 3.8) is 0 Å². The summed E-state index contributed by atoms with van der Waals surface area (Å²) >= 11 is 0. The van der Waals surface area contributed by atoms with Crippen LogP contribution in [0.25, 0.3) is 0 Å². The second kappa shape index (κ2) is 13.3. The average Bonchev–Trinajstić information content (AvgIpc) is 2.67. The van der Waals surface area contributed by atoms with E-state index < -0.39 is 24.6 Å². The van der Waals surface area contributed by atoms with Crippen LogP contribution in [0.2, 0.25) is 0 Å². The van der Waals surface area contributed by atoms with E-state index in [-0.39, 0.29) is 18.7 Å². The summed E-state index contributed by atoms with van der Waals surface area (Å²) in [6.07, 6.45) is 4.57. The summed E-state index contributed by atoms with van der Waals surface area (Å²) in [4.78, 5) is 0. The summed E-state index contributed by atoms with van der Waals surface area (Å²) in [5, 5.41) is 17.0. The van der Waals surface area contributed by atoms with E-state index in [0.717, 1.165) is 0 Å². The van der Waals surface area contributed by atoms with E-state index in [1.165, 1.54) is 12.1 Å². The molecule has 0 aromatic heterocycles. The van der Waals surface area contributed by atoms with Gasteiger partial charge in [-0.25, -0.2) is 26.3 Å². The van der Waals surface area contributed by atoms with E-state index in [9.17, 15) is 16.8 Å². The molecular weight excluding hydrogens is 412 g/mol. The third-order valence-corrected chi connectivity index (χ3v) is 8.58. The predicted octanol–water partition coefficient (Wildman–Crippen LogP) is 2.69. The average molecular weight is 441 g/mol. The lowest BCUT2D eigenvalue weighted by Crippen LogP contribution is -2.39. The highest BCUT2D eigenvalue weighted by Gasteiger charge is 2.38. The normalized spacial score (nSPS) is 11.8. The number of nitrogens with zero attached hydrogens (tertiary/aromatic N) is 2. The van der Waals surface area contributed by atoms with Crippen LogP contribution in [-0.4, -0.2) is 29.9 Å². The molecular formula is C19H28N4O4S2. The molecule has 0 fully saturated rings. The Labute approximate surface area is 174 Å². The number of benzene rings is 1. The lowest BCUT2D eigenvalue weighted by Gasteiger charge is -2.20. The van der Waals surface area contributed by atoms with Crippen LogP contribution in [0.15, 0.2) is 30.3 Å². The highest BCUT2D eigenvalue weighted by molar-refractivity contribution is 8.06. The molecule has 1 aromatic rings. The molecule has 0 radical (unpaired) electrons. The lowest BCUT2D eigenvalue weighted by atomic mass is 10.2. The summed E-state index contributed by atoms with van der Waals surface area (Å²) < 4.78 is 54.3. The minimum Gasteiger partial charge on any atom is -0.214 e. The first-order valence-electron chi connectivity index (χ1n) is 9.61. The van der Waals surface area contributed by atoms with Crippen molar-refractivity contribution >= 4 is 20.0 Å². The van der Waals surface area contributed by atoms with E-state index in [1.54, 1.807) is 18.2 Å². The molecule has 1 aromatic carbocycles. The van der Waals surface area contributed by atoms with E-state index >= 15 is 0 Å². The molecule has 1 rings (SSSR count). The number of sulfonamides is 2. The van der Waals surface area contributed by atoms with Crippen LogP contribution in [0.5, 0.6) is 0 Å². The Hall–Kier alpha value is -1.98. The van der Waals surface area contributed by atoms with Crippen molar-refractivity contribution in [2.24, 2.45) is 0 Å². The standard InChI is InChI=1S/C19H28N4O4S2/c20-14-8-1-3-10-16-22-28(24,25)19(18-12-6-5-7-13-18)29(26,27)23-17-11-4-2-9-15-21/h5-7,12-13,19,22-23H,1-4,8-11,16-17H2. The molecule has 0 spiro atoms. The Kier molecular flexibility index (Phi) is 11.5. The van der Waals surface area contributed by atoms with Crippen molar-refractivity contribution < 1.29 is 16.8 Å². The number of hydrogen-bond acceptors (Lipinski definition) is 6. The van der Waals surface area contributed by atoms with Crippen LogP contribution >= 0.6 is 0 Å². The predicted molar refractivity (Wildman–Crippen MR) is 111 cm³/mol. The Morgan fingerprint density at radius 1 is 0.724 bits per heavy atom. The van der Waals surface area contributed by atoms with Gasteiger partial charge in [0, 0.05) is 25.9 Å². The van der Waals surface area contributed by atoms with Gasteiger partial charge in [0.15, 0.2) is 0 Å². The first-order chi connectivity index (χ1) is 13.8. The van der Waals surface area contributed by atoms with Crippen LogP contribution in [0.3, 0.4) is 0 Å². The van der Waals surface area contributed by atoms with Gasteiger partial charge in [0.1, 0.15) is 0 Å². The van der Waals surface area contributed by atoms with Crippen molar-refractivity contribution in [2.75, 3.05) is 13.1 Å². The zero-order valence-electron chi connectivity index (χ0n) is 16.4. The van der Waals surface area contributed by atoms with Crippen LogP contribution in [0.1, 0.15) is 61.5 Å². The maximum Gasteiger partial charge on any atom is 0.234 e. The molecule has 0 heterocycles. The molecule has 0 amide bonds. The Morgan fingerprint density at radius 2 is 1.17 bits per heavy atom. The fraction of sp³-hybridized carbons (Fsp3) is 0.579. The van der Waals surface area contributed by atoms with Crippen molar-refractivity contribution in [2.45, 2.75) is 55.9 Å². The third kappa shape index (κ3) is 9.37. The Morgan fingerprint density at radius 3 is 1.59 bits per heavy atom. The van der Waals surface area contributed by atoms with Crippen molar-refractivity contribution in [3.8, 4) is 12.1 Å². The summed E-state index contributed by atoms with van der Waals surface area (Å²) in [6, 6.07) is 11.9. The number of unbranched alkanes of at least 4 members (excludes halogenated alkanes) is 6. The van der Waals surface area contributed by atoms with Gasteiger partial charge < -0.3 is 0 Å². The molecule has 0 unspecified atom stereocenters. The minimum absolute atomic E-state index is 0.112. The van der Waals surface area contributed by atoms with Gasteiger partial charge in [0.2, 0.25) is 24.6 Å². The quantitative estimate of drug-likeness (QED) is 0.402. The van der Waals surface area contributed by atoms with Gasteiger partial charge in [0.25, 0.3) is 0 Å². The van der Waals surface area contributed by atoms with Gasteiger partial charge >= 0.3 is 0 Å². The van der Waals surface area contributed by atoms with Crippen LogP contribution in [0.4, 0.5) is 0 Å². The minimum atomic E-state index is -4.19. The molecule has 0 saturated carbocycles. The van der Waals surface area contributed by atoms with Crippen molar-refractivity contribution in [1.82, 2.24) is 9.44 Å². The fourth-order valence-corrected chi connectivity index (χ4v) is 6.66. The summed E-state index contributed by atoms with van der Waals surface area (Å²) in [7, 11) is -8.37. The van der Waals surface area contributed by atoms with Crippen LogP contribution in [0, 0.1) is 22.7 Å². The number of nitrogens with one attached hydrogen (secondary N) is 2. The first-order valence-corrected chi connectivity index (χ1v) is 12.7. The van der Waals surface area contributed by atoms with Crippen LogP contribution in [-0.2, 0) is 20.0 Å². The molecule has 2 N–H and O–H groups in total. The van der Waals surface area contributed by atoms with Crippen molar-refractivity contribution in [3.05, 3.63) is 35.9 Å². The molecule has 0 aliphatic rings. The SMILES string of the molecule is N#CCCCCCNS(=O)(=O)C(c1ccccc1)S(=O)(=O)NCCCCCC#N. The highest BCUT2D eigenvalue weighted by Crippen LogP contribution is 2.27. The Bertz CT molecular complexity index is 832. The smallest absolute Gasteiger partial charge is 0.214 e. The van der Waals surface area contributed by atoms with Gasteiger partial charge in [-0.3, -0.25) is 0 Å². The molecule has 29 heavy (non-hydrogen) atoms. The molecule has 0 saturated heterocycles. The zero-order valence-corrected chi connectivity index (χ0v) is 18.0. The van der Waals surface area contributed by atoms with Gasteiger partial charge in [-0.2, -0.15) is 10.5 Å². The zero-order chi connectivity index (χ0) is 21.6. The number of nitriles is 2. The maximum atomic E-state index is 12.8. The van der Waals surface area contributed by atoms with Crippen LogP contribution < -0.4 is 9.44 Å². The van der Waals surface area contributed by atoms with E-state index in [2.05, 4.69) is 9.44 Å². The van der Waals surface area contributed by atoms with Gasteiger partial charge in [-0.1, -0.05) is 43.2 Å². The largest absolute Gasteiger partial charge is 0.234 e. The van der Waals surface area contributed by atoms with E-state index in [4.69, 9.17) is 10.5 Å². The van der Waals surface area contributed by atoms with E-state index in [0.29, 0.717) is 51.4 Å². The molecule has 0 atom stereocenters. The summed E-state index contributed by atoms with van der Waals surface area (Å²) in [5.41, 5.74) is 0.168.